The molecule has 0 saturated carbocycles. The third-order valence-electron chi connectivity index (χ3n) is 4.45. The Balaban J connectivity index is 1.83. The molecule has 0 radical (unpaired) electrons. The van der Waals surface area contributed by atoms with Crippen LogP contribution in [0.15, 0.2) is 65.6 Å². The van der Waals surface area contributed by atoms with Crippen molar-refractivity contribution >= 4 is 27.4 Å². The summed E-state index contributed by atoms with van der Waals surface area (Å²) in [5.74, 6) is -0.652. The number of carboxylic acids is 1. The van der Waals surface area contributed by atoms with E-state index in [2.05, 4.69) is 10.0 Å². The Morgan fingerprint density at radius 1 is 1.00 bits per heavy atom. The van der Waals surface area contributed by atoms with E-state index in [4.69, 9.17) is 4.74 Å². The van der Waals surface area contributed by atoms with E-state index in [1.54, 1.807) is 6.07 Å². The molecule has 1 aliphatic heterocycles. The van der Waals surface area contributed by atoms with E-state index >= 15 is 0 Å². The SMILES string of the molecule is CNS(=O)(=O)c1cc2c(c(C(=O)O)c1)Nc1ccc(-c3ccccc3)cc1O2. The van der Waals surface area contributed by atoms with Crippen LogP contribution in [0.2, 0.25) is 0 Å². The molecule has 0 aliphatic carbocycles. The summed E-state index contributed by atoms with van der Waals surface area (Å²) in [6.07, 6.45) is 0. The van der Waals surface area contributed by atoms with Crippen LogP contribution >= 0.6 is 0 Å². The van der Waals surface area contributed by atoms with E-state index in [0.29, 0.717) is 11.4 Å². The highest BCUT2D eigenvalue weighted by molar-refractivity contribution is 7.89. The van der Waals surface area contributed by atoms with Crippen molar-refractivity contribution in [1.82, 2.24) is 4.72 Å². The summed E-state index contributed by atoms with van der Waals surface area (Å²) in [5, 5.41) is 12.6. The molecular weight excluding hydrogens is 380 g/mol. The first-order valence-electron chi connectivity index (χ1n) is 8.38. The van der Waals surface area contributed by atoms with Gasteiger partial charge in [-0.1, -0.05) is 36.4 Å². The highest BCUT2D eigenvalue weighted by Gasteiger charge is 2.27. The maximum Gasteiger partial charge on any atom is 0.338 e. The predicted molar refractivity (Wildman–Crippen MR) is 105 cm³/mol. The van der Waals surface area contributed by atoms with E-state index in [0.717, 1.165) is 17.2 Å². The number of anilines is 2. The van der Waals surface area contributed by atoms with Gasteiger partial charge in [-0.15, -0.1) is 0 Å². The topological polar surface area (TPSA) is 105 Å². The van der Waals surface area contributed by atoms with Crippen molar-refractivity contribution in [2.75, 3.05) is 12.4 Å². The zero-order valence-corrected chi connectivity index (χ0v) is 15.6. The maximum absolute atomic E-state index is 12.2. The molecule has 0 saturated heterocycles. The molecule has 0 bridgehead atoms. The Hall–Kier alpha value is -3.36. The number of aromatic carboxylic acids is 1. The molecule has 142 valence electrons. The van der Waals surface area contributed by atoms with Crippen LogP contribution in [0, 0.1) is 0 Å². The van der Waals surface area contributed by atoms with Gasteiger partial charge in [0.05, 0.1) is 21.8 Å². The third kappa shape index (κ3) is 3.08. The molecule has 28 heavy (non-hydrogen) atoms. The monoisotopic (exact) mass is 396 g/mol. The second-order valence-electron chi connectivity index (χ2n) is 6.16. The molecule has 8 heteroatoms. The van der Waals surface area contributed by atoms with Crippen molar-refractivity contribution in [3.05, 3.63) is 66.2 Å². The minimum Gasteiger partial charge on any atom is -0.478 e. The lowest BCUT2D eigenvalue weighted by Crippen LogP contribution is -2.20. The molecule has 1 heterocycles. The van der Waals surface area contributed by atoms with Crippen LogP contribution in [0.1, 0.15) is 10.4 Å². The molecule has 3 aromatic carbocycles. The molecule has 3 N–H and O–H groups in total. The zero-order chi connectivity index (χ0) is 19.9. The molecule has 0 aromatic heterocycles. The first kappa shape index (κ1) is 18.0. The molecule has 0 fully saturated rings. The van der Waals surface area contributed by atoms with Crippen molar-refractivity contribution < 1.29 is 23.1 Å². The minimum absolute atomic E-state index is 0.131. The van der Waals surface area contributed by atoms with Gasteiger partial charge in [0.15, 0.2) is 11.5 Å². The number of nitrogens with one attached hydrogen (secondary N) is 2. The fraction of sp³-hybridized carbons (Fsp3) is 0.0500. The van der Waals surface area contributed by atoms with Crippen molar-refractivity contribution in [1.29, 1.82) is 0 Å². The summed E-state index contributed by atoms with van der Waals surface area (Å²) in [7, 11) is -2.58. The molecule has 0 atom stereocenters. The van der Waals surface area contributed by atoms with Gasteiger partial charge < -0.3 is 15.2 Å². The smallest absolute Gasteiger partial charge is 0.338 e. The van der Waals surface area contributed by atoms with Gasteiger partial charge in [-0.25, -0.2) is 17.9 Å². The molecule has 0 amide bonds. The van der Waals surface area contributed by atoms with Crippen LogP contribution in [0.25, 0.3) is 11.1 Å². The number of sulfonamides is 1. The molecule has 3 aromatic rings. The second-order valence-corrected chi connectivity index (χ2v) is 8.05. The van der Waals surface area contributed by atoms with Crippen molar-refractivity contribution in [2.24, 2.45) is 0 Å². The van der Waals surface area contributed by atoms with Crippen LogP contribution in [0.3, 0.4) is 0 Å². The molecule has 7 nitrogen and oxygen atoms in total. The summed E-state index contributed by atoms with van der Waals surface area (Å²) in [5.41, 5.74) is 2.53. The molecule has 0 spiro atoms. The lowest BCUT2D eigenvalue weighted by atomic mass is 10.0. The van der Waals surface area contributed by atoms with Crippen LogP contribution < -0.4 is 14.8 Å². The number of ether oxygens (including phenoxy) is 1. The fourth-order valence-corrected chi connectivity index (χ4v) is 3.79. The normalized spacial score (nSPS) is 12.3. The molecule has 4 rings (SSSR count). The van der Waals surface area contributed by atoms with E-state index in [1.165, 1.54) is 13.1 Å². The van der Waals surface area contributed by atoms with Crippen LogP contribution in [-0.4, -0.2) is 26.5 Å². The zero-order valence-electron chi connectivity index (χ0n) is 14.8. The van der Waals surface area contributed by atoms with Gasteiger partial charge in [0.1, 0.15) is 0 Å². The molecule has 0 unspecified atom stereocenters. The fourth-order valence-electron chi connectivity index (χ4n) is 3.01. The maximum atomic E-state index is 12.2. The Labute approximate surface area is 161 Å². The van der Waals surface area contributed by atoms with E-state index in [9.17, 15) is 18.3 Å². The number of hydrogen-bond donors (Lipinski definition) is 3. The summed E-state index contributed by atoms with van der Waals surface area (Å²) in [6.45, 7) is 0. The van der Waals surface area contributed by atoms with Gasteiger partial charge >= 0.3 is 5.97 Å². The van der Waals surface area contributed by atoms with E-state index < -0.39 is 16.0 Å². The van der Waals surface area contributed by atoms with Gasteiger partial charge in [0.2, 0.25) is 10.0 Å². The number of carboxylic acid groups (broad SMARTS) is 1. The lowest BCUT2D eigenvalue weighted by molar-refractivity contribution is 0.0697. The van der Waals surface area contributed by atoms with Crippen molar-refractivity contribution in [3.8, 4) is 22.6 Å². The van der Waals surface area contributed by atoms with Crippen molar-refractivity contribution in [3.63, 3.8) is 0 Å². The van der Waals surface area contributed by atoms with Crippen molar-refractivity contribution in [2.45, 2.75) is 4.90 Å². The number of benzene rings is 3. The third-order valence-corrected chi connectivity index (χ3v) is 5.85. The number of carbonyl (C=O) groups is 1. The first-order chi connectivity index (χ1) is 13.4. The highest BCUT2D eigenvalue weighted by atomic mass is 32.2. The van der Waals surface area contributed by atoms with Gasteiger partial charge in [0.25, 0.3) is 0 Å². The van der Waals surface area contributed by atoms with E-state index in [-0.39, 0.29) is 21.9 Å². The molecule has 1 aliphatic rings. The Morgan fingerprint density at radius 3 is 2.43 bits per heavy atom. The Kier molecular flexibility index (Phi) is 4.29. The number of fused-ring (bicyclic) bond motifs is 2. The number of rotatable bonds is 4. The summed E-state index contributed by atoms with van der Waals surface area (Å²) in [6, 6.07) is 17.6. The largest absolute Gasteiger partial charge is 0.478 e. The Bertz CT molecular complexity index is 1190. The number of hydrogen-bond acceptors (Lipinski definition) is 5. The summed E-state index contributed by atoms with van der Waals surface area (Å²) in [4.78, 5) is 11.5. The summed E-state index contributed by atoms with van der Waals surface area (Å²) >= 11 is 0. The average molecular weight is 396 g/mol. The van der Waals surface area contributed by atoms with Crippen LogP contribution in [0.5, 0.6) is 11.5 Å². The predicted octanol–water partition coefficient (Wildman–Crippen LogP) is 3.81. The van der Waals surface area contributed by atoms with Gasteiger partial charge in [-0.05, 0) is 36.4 Å². The van der Waals surface area contributed by atoms with Crippen LogP contribution in [-0.2, 0) is 10.0 Å². The second kappa shape index (κ2) is 6.66. The molecular formula is C20H16N2O5S. The van der Waals surface area contributed by atoms with Gasteiger partial charge in [-0.3, -0.25) is 0 Å². The first-order valence-corrected chi connectivity index (χ1v) is 9.86. The van der Waals surface area contributed by atoms with Gasteiger partial charge in [-0.2, -0.15) is 0 Å². The van der Waals surface area contributed by atoms with Crippen LogP contribution in [0.4, 0.5) is 11.4 Å². The minimum atomic E-state index is -3.84. The van der Waals surface area contributed by atoms with E-state index in [1.807, 2.05) is 42.5 Å². The summed E-state index contributed by atoms with van der Waals surface area (Å²) < 4.78 is 32.4. The highest BCUT2D eigenvalue weighted by Crippen LogP contribution is 2.46. The van der Waals surface area contributed by atoms with Gasteiger partial charge in [0, 0.05) is 6.07 Å². The standard InChI is InChI=1S/C20H16N2O5S/c1-21-28(25,26)14-10-15(20(23)24)19-18(11-14)27-17-9-13(7-8-16(17)22-19)12-5-3-2-4-6-12/h2-11,21-22H,1H3,(H,23,24). The lowest BCUT2D eigenvalue weighted by Gasteiger charge is -2.24. The Morgan fingerprint density at radius 2 is 1.75 bits per heavy atom. The quantitative estimate of drug-likeness (QED) is 0.485. The average Bonchev–Trinajstić information content (AvgIpc) is 2.71.